The molecular weight excluding hydrogens is 344 g/mol. The van der Waals surface area contributed by atoms with Gasteiger partial charge in [-0.25, -0.2) is 0 Å². The Morgan fingerprint density at radius 3 is 2.29 bits per heavy atom. The van der Waals surface area contributed by atoms with Crippen LogP contribution in [0.1, 0.15) is 15.9 Å². The van der Waals surface area contributed by atoms with Gasteiger partial charge in [-0.2, -0.15) is 13.2 Å². The first-order chi connectivity index (χ1) is 9.81. The second-order valence-corrected chi connectivity index (χ2v) is 5.98. The van der Waals surface area contributed by atoms with Gasteiger partial charge in [-0.15, -0.1) is 0 Å². The molecule has 2 rings (SSSR count). The van der Waals surface area contributed by atoms with Gasteiger partial charge in [-0.1, -0.05) is 41.0 Å². The van der Waals surface area contributed by atoms with Crippen molar-refractivity contribution in [1.29, 1.82) is 0 Å². The monoisotopic (exact) mass is 350 g/mol. The fraction of sp³-hybridized carbons (Fsp3) is 0.0714. The average Bonchev–Trinajstić information content (AvgIpc) is 2.42. The van der Waals surface area contributed by atoms with Crippen molar-refractivity contribution in [2.45, 2.75) is 16.0 Å². The van der Waals surface area contributed by atoms with Crippen molar-refractivity contribution in [3.63, 3.8) is 0 Å². The third kappa shape index (κ3) is 3.93. The molecule has 0 unspecified atom stereocenters. The molecule has 0 saturated carbocycles. The van der Waals surface area contributed by atoms with Crippen LogP contribution in [0.4, 0.5) is 13.2 Å². The minimum atomic E-state index is -4.54. The number of halogens is 5. The van der Waals surface area contributed by atoms with Crippen molar-refractivity contribution in [3.8, 4) is 0 Å². The topological polar surface area (TPSA) is 17.1 Å². The number of aldehydes is 1. The number of benzene rings is 2. The highest BCUT2D eigenvalue weighted by Gasteiger charge is 2.34. The average molecular weight is 351 g/mol. The second-order valence-electron chi connectivity index (χ2n) is 4.05. The smallest absolute Gasteiger partial charge is 0.298 e. The van der Waals surface area contributed by atoms with E-state index in [2.05, 4.69) is 0 Å². The van der Waals surface area contributed by atoms with Crippen LogP contribution >= 0.6 is 35.0 Å². The van der Waals surface area contributed by atoms with E-state index < -0.39 is 11.7 Å². The molecule has 2 aromatic carbocycles. The van der Waals surface area contributed by atoms with Crippen LogP contribution in [-0.2, 0) is 6.18 Å². The molecule has 7 heteroatoms. The lowest BCUT2D eigenvalue weighted by Crippen LogP contribution is -2.07. The Kier molecular flexibility index (Phi) is 4.86. The summed E-state index contributed by atoms with van der Waals surface area (Å²) in [6.07, 6.45) is -4.17. The van der Waals surface area contributed by atoms with E-state index in [4.69, 9.17) is 23.2 Å². The Morgan fingerprint density at radius 1 is 1.00 bits per heavy atom. The van der Waals surface area contributed by atoms with Gasteiger partial charge in [0.05, 0.1) is 15.6 Å². The van der Waals surface area contributed by atoms with Crippen LogP contribution in [0, 0.1) is 0 Å². The molecule has 0 bridgehead atoms. The lowest BCUT2D eigenvalue weighted by atomic mass is 10.1. The summed E-state index contributed by atoms with van der Waals surface area (Å²) in [5.74, 6) is 0. The molecule has 0 aliphatic heterocycles. The third-order valence-electron chi connectivity index (χ3n) is 2.56. The molecule has 0 radical (unpaired) electrons. The second kappa shape index (κ2) is 6.30. The summed E-state index contributed by atoms with van der Waals surface area (Å²) in [6, 6.07) is 8.00. The van der Waals surface area contributed by atoms with Gasteiger partial charge in [0, 0.05) is 15.4 Å². The Balaban J connectivity index is 2.43. The number of alkyl halides is 3. The Hall–Kier alpha value is -1.17. The van der Waals surface area contributed by atoms with Crippen LogP contribution in [0.15, 0.2) is 46.2 Å². The molecule has 0 spiro atoms. The Labute approximate surface area is 133 Å². The molecule has 21 heavy (non-hydrogen) atoms. The summed E-state index contributed by atoms with van der Waals surface area (Å²) in [7, 11) is 0. The highest BCUT2D eigenvalue weighted by atomic mass is 35.5. The first kappa shape index (κ1) is 16.2. The molecule has 0 aromatic heterocycles. The predicted molar refractivity (Wildman–Crippen MR) is 77.4 cm³/mol. The quantitative estimate of drug-likeness (QED) is 0.633. The van der Waals surface area contributed by atoms with Crippen molar-refractivity contribution in [1.82, 2.24) is 0 Å². The van der Waals surface area contributed by atoms with Crippen LogP contribution in [0.5, 0.6) is 0 Å². The fourth-order valence-corrected chi connectivity index (χ4v) is 2.95. The van der Waals surface area contributed by atoms with E-state index >= 15 is 0 Å². The van der Waals surface area contributed by atoms with Crippen LogP contribution < -0.4 is 0 Å². The maximum absolute atomic E-state index is 13.0. The lowest BCUT2D eigenvalue weighted by molar-refractivity contribution is -0.139. The number of hydrogen-bond donors (Lipinski definition) is 0. The normalized spacial score (nSPS) is 11.5. The minimum Gasteiger partial charge on any atom is -0.298 e. The lowest BCUT2D eigenvalue weighted by Gasteiger charge is -2.13. The standard InChI is InChI=1S/C14H7Cl2F3OS/c15-11-3-2-9(6-12(11)16)21-13-4-1-8(7-20)5-10(13)14(17,18)19/h1-7H. The zero-order chi connectivity index (χ0) is 15.6. The molecule has 0 saturated heterocycles. The van der Waals surface area contributed by atoms with Crippen LogP contribution in [0.3, 0.4) is 0 Å². The SMILES string of the molecule is O=Cc1ccc(Sc2ccc(Cl)c(Cl)c2)c(C(F)(F)F)c1. The van der Waals surface area contributed by atoms with Gasteiger partial charge in [-0.3, -0.25) is 4.79 Å². The number of carbonyl (C=O) groups is 1. The maximum atomic E-state index is 13.0. The van der Waals surface area contributed by atoms with E-state index in [9.17, 15) is 18.0 Å². The largest absolute Gasteiger partial charge is 0.417 e. The zero-order valence-corrected chi connectivity index (χ0v) is 12.6. The Bertz CT molecular complexity index is 686. The molecule has 0 amide bonds. The Morgan fingerprint density at radius 2 is 1.71 bits per heavy atom. The highest BCUT2D eigenvalue weighted by molar-refractivity contribution is 7.99. The van der Waals surface area contributed by atoms with E-state index in [1.165, 1.54) is 24.3 Å². The van der Waals surface area contributed by atoms with Gasteiger partial charge in [0.15, 0.2) is 0 Å². The first-order valence-electron chi connectivity index (χ1n) is 5.60. The van der Waals surface area contributed by atoms with Crippen molar-refractivity contribution in [2.24, 2.45) is 0 Å². The molecule has 1 nitrogen and oxygen atoms in total. The van der Waals surface area contributed by atoms with Gasteiger partial charge in [0.25, 0.3) is 0 Å². The summed E-state index contributed by atoms with van der Waals surface area (Å²) < 4.78 is 39.1. The van der Waals surface area contributed by atoms with Crippen LogP contribution in [0.25, 0.3) is 0 Å². The molecule has 0 heterocycles. The summed E-state index contributed by atoms with van der Waals surface area (Å²) in [4.78, 5) is 11.1. The highest BCUT2D eigenvalue weighted by Crippen LogP contribution is 2.40. The maximum Gasteiger partial charge on any atom is 0.417 e. The van der Waals surface area contributed by atoms with E-state index in [0.29, 0.717) is 16.2 Å². The van der Waals surface area contributed by atoms with Gasteiger partial charge >= 0.3 is 6.18 Å². The molecule has 2 aromatic rings. The van der Waals surface area contributed by atoms with E-state index in [1.807, 2.05) is 0 Å². The molecule has 0 atom stereocenters. The van der Waals surface area contributed by atoms with Crippen LogP contribution in [-0.4, -0.2) is 6.29 Å². The van der Waals surface area contributed by atoms with Gasteiger partial charge in [0.2, 0.25) is 0 Å². The molecule has 0 aliphatic carbocycles. The summed E-state index contributed by atoms with van der Waals surface area (Å²) in [5, 5.41) is 0.591. The molecule has 0 N–H and O–H groups in total. The molecule has 0 aliphatic rings. The van der Waals surface area contributed by atoms with Crippen molar-refractivity contribution >= 4 is 41.2 Å². The zero-order valence-electron chi connectivity index (χ0n) is 10.2. The van der Waals surface area contributed by atoms with Gasteiger partial charge < -0.3 is 0 Å². The van der Waals surface area contributed by atoms with E-state index in [1.54, 1.807) is 6.07 Å². The predicted octanol–water partition coefficient (Wildman–Crippen LogP) is 5.98. The molecular formula is C14H7Cl2F3OS. The minimum absolute atomic E-state index is 0.00788. The van der Waals surface area contributed by atoms with E-state index in [-0.39, 0.29) is 15.5 Å². The fourth-order valence-electron chi connectivity index (χ4n) is 1.60. The molecule has 0 fully saturated rings. The summed E-state index contributed by atoms with van der Waals surface area (Å²) in [6.45, 7) is 0. The van der Waals surface area contributed by atoms with Crippen molar-refractivity contribution in [3.05, 3.63) is 57.6 Å². The van der Waals surface area contributed by atoms with Crippen LogP contribution in [0.2, 0.25) is 10.0 Å². The van der Waals surface area contributed by atoms with E-state index in [0.717, 1.165) is 17.8 Å². The van der Waals surface area contributed by atoms with Gasteiger partial charge in [-0.05, 0) is 30.3 Å². The van der Waals surface area contributed by atoms with Gasteiger partial charge in [0.1, 0.15) is 6.29 Å². The first-order valence-corrected chi connectivity index (χ1v) is 7.18. The third-order valence-corrected chi connectivity index (χ3v) is 4.37. The molecule has 110 valence electrons. The number of carbonyl (C=O) groups excluding carboxylic acids is 1. The summed E-state index contributed by atoms with van der Waals surface area (Å²) >= 11 is 12.5. The number of rotatable bonds is 3. The number of hydrogen-bond acceptors (Lipinski definition) is 2. The van der Waals surface area contributed by atoms with Crippen molar-refractivity contribution in [2.75, 3.05) is 0 Å². The summed E-state index contributed by atoms with van der Waals surface area (Å²) in [5.41, 5.74) is -0.885. The van der Waals surface area contributed by atoms with Crippen molar-refractivity contribution < 1.29 is 18.0 Å².